The molecule has 19 heavy (non-hydrogen) atoms. The minimum absolute atomic E-state index is 0.109. The van der Waals surface area contributed by atoms with E-state index in [1.807, 2.05) is 13.0 Å². The highest BCUT2D eigenvalue weighted by atomic mass is 16.5. The fraction of sp³-hybridized carbons (Fsp3) is 0.500. The summed E-state index contributed by atoms with van der Waals surface area (Å²) in [5, 5.41) is 2.61. The first-order valence-electron chi connectivity index (χ1n) is 6.58. The van der Waals surface area contributed by atoms with Crippen LogP contribution < -0.4 is 16.0 Å². The van der Waals surface area contributed by atoms with Crippen LogP contribution in [0.5, 0.6) is 0 Å². The Hall–Kier alpha value is -1.75. The lowest BCUT2D eigenvalue weighted by molar-refractivity contribution is 0.0963. The van der Waals surface area contributed by atoms with E-state index >= 15 is 0 Å². The maximum Gasteiger partial charge on any atom is 0.251 e. The predicted molar refractivity (Wildman–Crippen MR) is 78.6 cm³/mol. The van der Waals surface area contributed by atoms with Gasteiger partial charge in [0, 0.05) is 32.3 Å². The number of carbonyl (C=O) groups excluding carboxylic acids is 1. The van der Waals surface area contributed by atoms with Crippen LogP contribution in [0.4, 0.5) is 11.4 Å². The quantitative estimate of drug-likeness (QED) is 0.579. The van der Waals surface area contributed by atoms with Crippen LogP contribution in [0.3, 0.4) is 0 Å². The van der Waals surface area contributed by atoms with Crippen molar-refractivity contribution in [3.63, 3.8) is 0 Å². The summed E-state index contributed by atoms with van der Waals surface area (Å²) in [5.41, 5.74) is 8.16. The molecule has 1 aromatic rings. The summed E-state index contributed by atoms with van der Waals surface area (Å²) < 4.78 is 5.36. The van der Waals surface area contributed by atoms with Crippen LogP contribution in [0.2, 0.25) is 0 Å². The Labute approximate surface area is 114 Å². The smallest absolute Gasteiger partial charge is 0.251 e. The minimum atomic E-state index is -0.109. The average molecular weight is 265 g/mol. The van der Waals surface area contributed by atoms with Gasteiger partial charge >= 0.3 is 0 Å². The highest BCUT2D eigenvalue weighted by Gasteiger charge is 2.11. The Kier molecular flexibility index (Phi) is 6.15. The number of ether oxygens (including phenoxy) is 1. The maximum absolute atomic E-state index is 11.7. The van der Waals surface area contributed by atoms with Crippen LogP contribution in [0, 0.1) is 0 Å². The summed E-state index contributed by atoms with van der Waals surface area (Å²) in [6.07, 6.45) is 0. The predicted octanol–water partition coefficient (Wildman–Crippen LogP) is 1.49. The zero-order valence-electron chi connectivity index (χ0n) is 11.9. The number of benzene rings is 1. The summed E-state index contributed by atoms with van der Waals surface area (Å²) in [4.78, 5) is 13.8. The summed E-state index contributed by atoms with van der Waals surface area (Å²) in [5.74, 6) is -0.109. The first-order chi connectivity index (χ1) is 9.13. The number of hydrogen-bond donors (Lipinski definition) is 2. The van der Waals surface area contributed by atoms with E-state index in [1.54, 1.807) is 19.2 Å². The number of carbonyl (C=O) groups is 1. The van der Waals surface area contributed by atoms with Crippen LogP contribution in [-0.2, 0) is 4.74 Å². The van der Waals surface area contributed by atoms with Gasteiger partial charge < -0.3 is 20.7 Å². The number of nitrogens with zero attached hydrogens (tertiary/aromatic N) is 1. The monoisotopic (exact) mass is 265 g/mol. The first kappa shape index (κ1) is 15.3. The Balaban J connectivity index is 2.91. The van der Waals surface area contributed by atoms with Gasteiger partial charge in [0.2, 0.25) is 0 Å². The van der Waals surface area contributed by atoms with Crippen molar-refractivity contribution >= 4 is 17.3 Å². The molecule has 1 amide bonds. The maximum atomic E-state index is 11.7. The number of rotatable bonds is 7. The Bertz CT molecular complexity index is 421. The molecule has 0 atom stereocenters. The van der Waals surface area contributed by atoms with E-state index in [4.69, 9.17) is 10.5 Å². The SMILES string of the molecule is CCOCCN(CC)c1cc(C(=O)NC)ccc1N. The molecule has 0 saturated heterocycles. The number of anilines is 2. The molecule has 1 rings (SSSR count). The largest absolute Gasteiger partial charge is 0.397 e. The summed E-state index contributed by atoms with van der Waals surface area (Å²) in [7, 11) is 1.62. The van der Waals surface area contributed by atoms with Crippen LogP contribution in [-0.4, -0.2) is 39.3 Å². The fourth-order valence-corrected chi connectivity index (χ4v) is 1.87. The van der Waals surface area contributed by atoms with Crippen LogP contribution in [0.25, 0.3) is 0 Å². The highest BCUT2D eigenvalue weighted by molar-refractivity contribution is 5.96. The molecule has 5 nitrogen and oxygen atoms in total. The van der Waals surface area contributed by atoms with Crippen molar-refractivity contribution in [3.8, 4) is 0 Å². The van der Waals surface area contributed by atoms with E-state index in [1.165, 1.54) is 0 Å². The zero-order chi connectivity index (χ0) is 14.3. The minimum Gasteiger partial charge on any atom is -0.397 e. The molecule has 0 spiro atoms. The van der Waals surface area contributed by atoms with E-state index in [2.05, 4.69) is 17.1 Å². The van der Waals surface area contributed by atoms with Gasteiger partial charge in [-0.2, -0.15) is 0 Å². The second-order valence-corrected chi connectivity index (χ2v) is 4.13. The molecular formula is C14H23N3O2. The highest BCUT2D eigenvalue weighted by Crippen LogP contribution is 2.24. The van der Waals surface area contributed by atoms with Crippen molar-refractivity contribution in [2.75, 3.05) is 44.0 Å². The topological polar surface area (TPSA) is 67.6 Å². The number of likely N-dealkylation sites (N-methyl/N-ethyl adjacent to an activating group) is 1. The second-order valence-electron chi connectivity index (χ2n) is 4.13. The molecule has 0 aliphatic carbocycles. The van der Waals surface area contributed by atoms with Gasteiger partial charge in [-0.05, 0) is 32.0 Å². The molecule has 0 bridgehead atoms. The summed E-state index contributed by atoms with van der Waals surface area (Å²) in [6, 6.07) is 5.32. The van der Waals surface area contributed by atoms with Crippen LogP contribution in [0.1, 0.15) is 24.2 Å². The molecule has 0 saturated carbocycles. The second kappa shape index (κ2) is 7.63. The van der Waals surface area contributed by atoms with Crippen molar-refractivity contribution in [2.45, 2.75) is 13.8 Å². The van der Waals surface area contributed by atoms with Crippen molar-refractivity contribution in [1.29, 1.82) is 0 Å². The normalized spacial score (nSPS) is 10.3. The number of nitrogens with one attached hydrogen (secondary N) is 1. The van der Waals surface area contributed by atoms with E-state index in [-0.39, 0.29) is 5.91 Å². The Morgan fingerprint density at radius 3 is 2.74 bits per heavy atom. The number of hydrogen-bond acceptors (Lipinski definition) is 4. The average Bonchev–Trinajstić information content (AvgIpc) is 2.44. The molecular weight excluding hydrogens is 242 g/mol. The van der Waals surface area contributed by atoms with E-state index in [0.29, 0.717) is 24.5 Å². The van der Waals surface area contributed by atoms with E-state index in [9.17, 15) is 4.79 Å². The Morgan fingerprint density at radius 2 is 2.16 bits per heavy atom. The van der Waals surface area contributed by atoms with Gasteiger partial charge in [-0.1, -0.05) is 0 Å². The third-order valence-electron chi connectivity index (χ3n) is 2.95. The number of amides is 1. The fourth-order valence-electron chi connectivity index (χ4n) is 1.87. The van der Waals surface area contributed by atoms with Crippen molar-refractivity contribution in [2.24, 2.45) is 0 Å². The molecule has 3 N–H and O–H groups in total. The van der Waals surface area contributed by atoms with Crippen LogP contribution in [0.15, 0.2) is 18.2 Å². The van der Waals surface area contributed by atoms with Crippen molar-refractivity contribution in [1.82, 2.24) is 5.32 Å². The summed E-state index contributed by atoms with van der Waals surface area (Å²) in [6.45, 7) is 6.94. The van der Waals surface area contributed by atoms with Gasteiger partial charge in [-0.15, -0.1) is 0 Å². The van der Waals surface area contributed by atoms with Crippen LogP contribution >= 0.6 is 0 Å². The van der Waals surface area contributed by atoms with Crippen molar-refractivity contribution < 1.29 is 9.53 Å². The van der Waals surface area contributed by atoms with E-state index < -0.39 is 0 Å². The van der Waals surface area contributed by atoms with Crippen molar-refractivity contribution in [3.05, 3.63) is 23.8 Å². The summed E-state index contributed by atoms with van der Waals surface area (Å²) >= 11 is 0. The molecule has 0 aliphatic heterocycles. The molecule has 0 heterocycles. The number of nitrogens with two attached hydrogens (primary N) is 1. The first-order valence-corrected chi connectivity index (χ1v) is 6.58. The van der Waals surface area contributed by atoms with Gasteiger partial charge in [0.15, 0.2) is 0 Å². The molecule has 0 aromatic heterocycles. The van der Waals surface area contributed by atoms with Gasteiger partial charge in [0.25, 0.3) is 5.91 Å². The zero-order valence-corrected chi connectivity index (χ0v) is 11.9. The third kappa shape index (κ3) is 4.13. The van der Waals surface area contributed by atoms with Gasteiger partial charge in [-0.25, -0.2) is 0 Å². The van der Waals surface area contributed by atoms with Gasteiger partial charge in [-0.3, -0.25) is 4.79 Å². The third-order valence-corrected chi connectivity index (χ3v) is 2.95. The lowest BCUT2D eigenvalue weighted by Gasteiger charge is -2.25. The molecule has 106 valence electrons. The molecule has 0 unspecified atom stereocenters. The standard InChI is InChI=1S/C14H23N3O2/c1-4-17(8-9-19-5-2)13-10-11(14(18)16-3)6-7-12(13)15/h6-7,10H,4-5,8-9,15H2,1-3H3,(H,16,18). The molecule has 1 aromatic carbocycles. The lowest BCUT2D eigenvalue weighted by Crippen LogP contribution is -2.28. The lowest BCUT2D eigenvalue weighted by atomic mass is 10.1. The van der Waals surface area contributed by atoms with Gasteiger partial charge in [0.05, 0.1) is 18.0 Å². The molecule has 5 heteroatoms. The van der Waals surface area contributed by atoms with E-state index in [0.717, 1.165) is 18.8 Å². The number of nitrogen functional groups attached to an aromatic ring is 1. The molecule has 0 fully saturated rings. The molecule has 0 aliphatic rings. The Morgan fingerprint density at radius 1 is 1.42 bits per heavy atom. The van der Waals surface area contributed by atoms with Gasteiger partial charge in [0.1, 0.15) is 0 Å². The molecule has 0 radical (unpaired) electrons.